The number of hydrogen-bond donors (Lipinski definition) is 1. The molecule has 2 amide bonds. The van der Waals surface area contributed by atoms with E-state index < -0.39 is 17.2 Å². The van der Waals surface area contributed by atoms with Crippen molar-refractivity contribution in [1.82, 2.24) is 4.31 Å². The topological polar surface area (TPSA) is 74.7 Å². The van der Waals surface area contributed by atoms with Crippen LogP contribution in [0.15, 0.2) is 34.9 Å². The van der Waals surface area contributed by atoms with Crippen LogP contribution in [0.4, 0.5) is 0 Å². The zero-order valence-electron chi connectivity index (χ0n) is 25.4. The minimum absolute atomic E-state index is 0.110. The number of amides is 2. The molecule has 3 saturated carbocycles. The molecule has 3 fully saturated rings. The fourth-order valence-corrected chi connectivity index (χ4v) is 11.3. The molecule has 1 aliphatic heterocycles. The number of aliphatic hydroxyl groups is 1. The van der Waals surface area contributed by atoms with Gasteiger partial charge < -0.3 is 5.11 Å². The highest BCUT2D eigenvalue weighted by Crippen LogP contribution is 2.69. The number of Topliss-reactive ketones (excluding diaryl/α,β-unsaturated/α-hetero) is 1. The highest BCUT2D eigenvalue weighted by molar-refractivity contribution is 8.02. The molecule has 41 heavy (non-hydrogen) atoms. The van der Waals surface area contributed by atoms with Crippen molar-refractivity contribution in [3.8, 4) is 0 Å². The first-order chi connectivity index (χ1) is 19.5. The van der Waals surface area contributed by atoms with Gasteiger partial charge in [-0.2, -0.15) is 0 Å². The maximum absolute atomic E-state index is 13.4. The molecule has 1 aromatic rings. The van der Waals surface area contributed by atoms with Gasteiger partial charge in [0, 0.05) is 23.8 Å². The van der Waals surface area contributed by atoms with Crippen LogP contribution in [0.5, 0.6) is 0 Å². The van der Waals surface area contributed by atoms with E-state index in [1.165, 1.54) is 38.5 Å². The summed E-state index contributed by atoms with van der Waals surface area (Å²) < 4.78 is 1.08. The molecule has 0 spiro atoms. The lowest BCUT2D eigenvalue weighted by Gasteiger charge is -2.60. The summed E-state index contributed by atoms with van der Waals surface area (Å²) in [7, 11) is 0. The Hall–Kier alpha value is -2.08. The van der Waals surface area contributed by atoms with Gasteiger partial charge in [0.2, 0.25) is 0 Å². The van der Waals surface area contributed by atoms with E-state index >= 15 is 0 Å². The van der Waals surface area contributed by atoms with E-state index in [4.69, 9.17) is 0 Å². The number of carbonyl (C=O) groups excluding carboxylic acids is 3. The number of hydrogen-bond acceptors (Lipinski definition) is 5. The fourth-order valence-electron chi connectivity index (χ4n) is 10.3. The van der Waals surface area contributed by atoms with Gasteiger partial charge in [-0.3, -0.25) is 14.4 Å². The van der Waals surface area contributed by atoms with Crippen LogP contribution >= 0.6 is 11.9 Å². The van der Waals surface area contributed by atoms with E-state index in [2.05, 4.69) is 34.6 Å². The van der Waals surface area contributed by atoms with E-state index in [1.807, 2.05) is 0 Å². The molecule has 6 heteroatoms. The first-order valence-electron chi connectivity index (χ1n) is 16.1. The molecule has 0 radical (unpaired) electrons. The molecule has 5 nitrogen and oxygen atoms in total. The Labute approximate surface area is 250 Å². The number of carbonyl (C=O) groups is 3. The zero-order chi connectivity index (χ0) is 29.3. The Balaban J connectivity index is 1.25. The highest BCUT2D eigenvalue weighted by Gasteiger charge is 2.63. The first kappa shape index (κ1) is 29.0. The van der Waals surface area contributed by atoms with E-state index in [-0.39, 0.29) is 22.4 Å². The largest absolute Gasteiger partial charge is 0.510 e. The Morgan fingerprint density at radius 1 is 0.927 bits per heavy atom. The maximum Gasteiger partial charge on any atom is 0.272 e. The second-order valence-electron chi connectivity index (χ2n) is 14.8. The first-order valence-corrected chi connectivity index (χ1v) is 16.9. The monoisotopic (exact) mass is 577 g/mol. The summed E-state index contributed by atoms with van der Waals surface area (Å²) in [6, 6.07) is 6.78. The summed E-state index contributed by atoms with van der Waals surface area (Å²) in [4.78, 5) is 39.8. The van der Waals surface area contributed by atoms with Gasteiger partial charge in [-0.1, -0.05) is 66.0 Å². The van der Waals surface area contributed by atoms with Crippen LogP contribution in [-0.4, -0.2) is 27.0 Å². The van der Waals surface area contributed by atoms with E-state index in [1.54, 1.807) is 24.3 Å². The minimum atomic E-state index is -0.500. The molecule has 8 atom stereocenters. The summed E-state index contributed by atoms with van der Waals surface area (Å²) in [5, 5.41) is 12.0. The van der Waals surface area contributed by atoms with Crippen LogP contribution in [0, 0.1) is 52.3 Å². The molecule has 1 aromatic carbocycles. The standard InChI is InChI=1S/C35H47NO4S/c1-20(2)9-8-10-21(3)26-15-16-27-25-14-13-22-19-29(37)30(31(38)35(22,5)28(25)17-18-34(26,27)4)41-36-32(39)23-11-6-7-12-24(23)33(36)40/h6-7,11-12,20-22,25-28,38H,8-10,13-19H2,1-5H3/t21-,22+,25+,26-,27+,28+,34-,35+/m1/s1. The maximum atomic E-state index is 13.4. The molecule has 4 aliphatic carbocycles. The van der Waals surface area contributed by atoms with Crippen molar-refractivity contribution in [3.05, 3.63) is 46.1 Å². The third kappa shape index (κ3) is 4.44. The highest BCUT2D eigenvalue weighted by atomic mass is 32.2. The second kappa shape index (κ2) is 10.6. The van der Waals surface area contributed by atoms with Crippen molar-refractivity contribution in [2.45, 2.75) is 98.8 Å². The number of aliphatic hydroxyl groups excluding tert-OH is 1. The lowest BCUT2D eigenvalue weighted by atomic mass is 9.45. The third-order valence-electron chi connectivity index (χ3n) is 12.5. The number of benzene rings is 1. The van der Waals surface area contributed by atoms with Crippen LogP contribution in [0.2, 0.25) is 0 Å². The van der Waals surface area contributed by atoms with Gasteiger partial charge in [0.1, 0.15) is 10.7 Å². The summed E-state index contributed by atoms with van der Waals surface area (Å²) in [6.07, 6.45) is 11.3. The molecule has 0 aromatic heterocycles. The van der Waals surface area contributed by atoms with E-state index in [0.717, 1.165) is 53.3 Å². The Kier molecular flexibility index (Phi) is 7.48. The summed E-state index contributed by atoms with van der Waals surface area (Å²) in [5.74, 6) is 3.09. The van der Waals surface area contributed by atoms with Crippen molar-refractivity contribution in [2.24, 2.45) is 52.3 Å². The quantitative estimate of drug-likeness (QED) is 0.259. The average Bonchev–Trinajstić information content (AvgIpc) is 3.41. The van der Waals surface area contributed by atoms with Crippen LogP contribution in [0.1, 0.15) is 120 Å². The number of imide groups is 1. The van der Waals surface area contributed by atoms with Crippen molar-refractivity contribution >= 4 is 29.5 Å². The molecular weight excluding hydrogens is 530 g/mol. The van der Waals surface area contributed by atoms with Crippen LogP contribution in [-0.2, 0) is 4.79 Å². The van der Waals surface area contributed by atoms with Gasteiger partial charge in [0.15, 0.2) is 5.78 Å². The number of allylic oxidation sites excluding steroid dienone is 2. The van der Waals surface area contributed by atoms with Gasteiger partial charge in [0.25, 0.3) is 11.8 Å². The zero-order valence-corrected chi connectivity index (χ0v) is 26.3. The number of ketones is 1. The molecule has 6 rings (SSSR count). The molecular formula is C35H47NO4S. The van der Waals surface area contributed by atoms with Crippen LogP contribution in [0.3, 0.4) is 0 Å². The second-order valence-corrected chi connectivity index (χ2v) is 15.8. The number of fused-ring (bicyclic) bond motifs is 6. The Bertz CT molecular complexity index is 1250. The molecule has 0 bridgehead atoms. The average molecular weight is 578 g/mol. The molecule has 1 heterocycles. The number of rotatable bonds is 7. The van der Waals surface area contributed by atoms with Gasteiger partial charge in [0.05, 0.1) is 11.1 Å². The Morgan fingerprint density at radius 3 is 2.27 bits per heavy atom. The summed E-state index contributed by atoms with van der Waals surface area (Å²) in [6.45, 7) is 11.9. The van der Waals surface area contributed by atoms with Crippen LogP contribution < -0.4 is 0 Å². The third-order valence-corrected chi connectivity index (χ3v) is 13.6. The molecule has 0 saturated heterocycles. The summed E-state index contributed by atoms with van der Waals surface area (Å²) >= 11 is 0.858. The molecule has 0 unspecified atom stereocenters. The van der Waals surface area contributed by atoms with Crippen molar-refractivity contribution in [3.63, 3.8) is 0 Å². The SMILES string of the molecule is CC(C)CCC[C@@H](C)[C@H]1CC[C@H]2[C@@H]3CC[C@H]4CC(=O)C(SN5C(=O)c6ccccc6C5=O)=C(O)[C@]4(C)[C@H]3CC[C@]12C. The Morgan fingerprint density at radius 2 is 1.61 bits per heavy atom. The number of nitrogens with zero attached hydrogens (tertiary/aromatic N) is 1. The molecule has 1 N–H and O–H groups in total. The molecule has 222 valence electrons. The molecule has 5 aliphatic rings. The van der Waals surface area contributed by atoms with Gasteiger partial charge in [-0.15, -0.1) is 0 Å². The predicted octanol–water partition coefficient (Wildman–Crippen LogP) is 8.61. The van der Waals surface area contributed by atoms with E-state index in [0.29, 0.717) is 40.7 Å². The van der Waals surface area contributed by atoms with E-state index in [9.17, 15) is 19.5 Å². The normalized spacial score (nSPS) is 37.3. The van der Waals surface area contributed by atoms with Gasteiger partial charge in [-0.05, 0) is 97.5 Å². The lowest BCUT2D eigenvalue weighted by Crippen LogP contribution is -2.54. The predicted molar refractivity (Wildman–Crippen MR) is 163 cm³/mol. The lowest BCUT2D eigenvalue weighted by molar-refractivity contribution is -0.128. The van der Waals surface area contributed by atoms with Crippen molar-refractivity contribution in [1.29, 1.82) is 0 Å². The van der Waals surface area contributed by atoms with Gasteiger partial charge >= 0.3 is 0 Å². The van der Waals surface area contributed by atoms with Crippen LogP contribution in [0.25, 0.3) is 0 Å². The fraction of sp³-hybridized carbons (Fsp3) is 0.686. The van der Waals surface area contributed by atoms with Crippen molar-refractivity contribution < 1.29 is 19.5 Å². The van der Waals surface area contributed by atoms with Crippen molar-refractivity contribution in [2.75, 3.05) is 0 Å². The summed E-state index contributed by atoms with van der Waals surface area (Å²) in [5.41, 5.74) is 0.565. The van der Waals surface area contributed by atoms with Gasteiger partial charge in [-0.25, -0.2) is 4.31 Å². The smallest absolute Gasteiger partial charge is 0.272 e. The minimum Gasteiger partial charge on any atom is -0.510 e.